The summed E-state index contributed by atoms with van der Waals surface area (Å²) in [4.78, 5) is 15.9. The van der Waals surface area contributed by atoms with Gasteiger partial charge in [0, 0.05) is 18.0 Å². The van der Waals surface area contributed by atoms with Crippen LogP contribution in [0.15, 0.2) is 29.2 Å². The third kappa shape index (κ3) is 1.53. The summed E-state index contributed by atoms with van der Waals surface area (Å²) < 4.78 is 1.53. The zero-order valence-corrected chi connectivity index (χ0v) is 8.66. The summed E-state index contributed by atoms with van der Waals surface area (Å²) >= 11 is 4.10. The Morgan fingerprint density at radius 2 is 2.29 bits per heavy atom. The summed E-state index contributed by atoms with van der Waals surface area (Å²) in [7, 11) is 0. The fraction of sp³-hybridized carbons (Fsp3) is 0.200. The average molecular weight is 206 g/mol. The Morgan fingerprint density at radius 1 is 1.50 bits per heavy atom. The Morgan fingerprint density at radius 3 is 3.00 bits per heavy atom. The quantitative estimate of drug-likeness (QED) is 0.716. The van der Waals surface area contributed by atoms with Crippen LogP contribution in [-0.4, -0.2) is 9.38 Å². The minimum absolute atomic E-state index is 0.0564. The van der Waals surface area contributed by atoms with Gasteiger partial charge >= 0.3 is 0 Å². The first-order valence-corrected chi connectivity index (χ1v) is 4.94. The second-order valence-corrected chi connectivity index (χ2v) is 3.49. The molecule has 0 atom stereocenters. The van der Waals surface area contributed by atoms with Gasteiger partial charge in [-0.2, -0.15) is 12.6 Å². The van der Waals surface area contributed by atoms with Gasteiger partial charge in [-0.25, -0.2) is 4.98 Å². The van der Waals surface area contributed by atoms with Gasteiger partial charge < -0.3 is 0 Å². The van der Waals surface area contributed by atoms with Crippen molar-refractivity contribution in [1.29, 1.82) is 0 Å². The maximum Gasteiger partial charge on any atom is 0.258 e. The maximum absolute atomic E-state index is 11.6. The van der Waals surface area contributed by atoms with Gasteiger partial charge in [0.05, 0.1) is 5.69 Å². The Labute approximate surface area is 86.8 Å². The molecule has 2 rings (SSSR count). The molecule has 0 aromatic carbocycles. The van der Waals surface area contributed by atoms with Crippen LogP contribution < -0.4 is 5.56 Å². The molecule has 72 valence electrons. The number of fused-ring (bicyclic) bond motifs is 1. The van der Waals surface area contributed by atoms with Crippen LogP contribution in [0.4, 0.5) is 0 Å². The number of aromatic nitrogens is 2. The Kier molecular flexibility index (Phi) is 2.29. The number of aryl methyl sites for hydroxylation is 1. The molecule has 0 aliphatic heterocycles. The van der Waals surface area contributed by atoms with E-state index in [2.05, 4.69) is 17.6 Å². The zero-order valence-electron chi connectivity index (χ0n) is 7.77. The predicted octanol–water partition coefficient (Wildman–Crippen LogP) is 1.43. The number of rotatable bonds is 1. The molecule has 0 aliphatic rings. The van der Waals surface area contributed by atoms with E-state index >= 15 is 0 Å². The van der Waals surface area contributed by atoms with Crippen molar-refractivity contribution in [3.8, 4) is 0 Å². The van der Waals surface area contributed by atoms with Crippen molar-refractivity contribution in [1.82, 2.24) is 9.38 Å². The average Bonchev–Trinajstić information content (AvgIpc) is 2.16. The first-order chi connectivity index (χ1) is 6.70. The van der Waals surface area contributed by atoms with Crippen LogP contribution in [0.1, 0.15) is 11.3 Å². The second-order valence-electron chi connectivity index (χ2n) is 3.18. The Hall–Kier alpha value is -1.29. The highest BCUT2D eigenvalue weighted by Crippen LogP contribution is 2.03. The molecule has 2 heterocycles. The van der Waals surface area contributed by atoms with Crippen LogP contribution >= 0.6 is 12.6 Å². The molecular weight excluding hydrogens is 196 g/mol. The van der Waals surface area contributed by atoms with Crippen LogP contribution in [0.5, 0.6) is 0 Å². The lowest BCUT2D eigenvalue weighted by Gasteiger charge is -2.02. The second kappa shape index (κ2) is 3.46. The molecule has 0 N–H and O–H groups in total. The van der Waals surface area contributed by atoms with Gasteiger partial charge in [0.1, 0.15) is 5.65 Å². The normalized spacial score (nSPS) is 10.7. The third-order valence-electron chi connectivity index (χ3n) is 2.04. The number of thiol groups is 1. The number of nitrogens with zero attached hydrogens (tertiary/aromatic N) is 2. The first kappa shape index (κ1) is 9.27. The lowest BCUT2D eigenvalue weighted by Crippen LogP contribution is -2.14. The molecule has 0 aliphatic carbocycles. The minimum atomic E-state index is -0.0564. The summed E-state index contributed by atoms with van der Waals surface area (Å²) in [5, 5.41) is 0. The molecule has 3 nitrogen and oxygen atoms in total. The topological polar surface area (TPSA) is 34.4 Å². The third-order valence-corrected chi connectivity index (χ3v) is 2.36. The summed E-state index contributed by atoms with van der Waals surface area (Å²) in [5.41, 5.74) is 2.43. The van der Waals surface area contributed by atoms with E-state index in [1.54, 1.807) is 6.20 Å². The Balaban J connectivity index is 2.84. The van der Waals surface area contributed by atoms with Crippen molar-refractivity contribution in [3.63, 3.8) is 0 Å². The molecule has 14 heavy (non-hydrogen) atoms. The lowest BCUT2D eigenvalue weighted by atomic mass is 10.3. The monoisotopic (exact) mass is 206 g/mol. The molecule has 0 unspecified atom stereocenters. The minimum Gasteiger partial charge on any atom is -0.269 e. The summed E-state index contributed by atoms with van der Waals surface area (Å²) in [6.45, 7) is 1.97. The fourth-order valence-corrected chi connectivity index (χ4v) is 1.50. The van der Waals surface area contributed by atoms with Crippen molar-refractivity contribution in [2.24, 2.45) is 0 Å². The summed E-state index contributed by atoms with van der Waals surface area (Å²) in [6, 6.07) is 5.28. The fourth-order valence-electron chi connectivity index (χ4n) is 1.33. The van der Waals surface area contributed by atoms with Crippen molar-refractivity contribution in [2.75, 3.05) is 0 Å². The highest BCUT2D eigenvalue weighted by Gasteiger charge is 2.00. The molecule has 0 spiro atoms. The first-order valence-electron chi connectivity index (χ1n) is 4.30. The van der Waals surface area contributed by atoms with Crippen LogP contribution in [0.2, 0.25) is 0 Å². The van der Waals surface area contributed by atoms with Gasteiger partial charge in [0.25, 0.3) is 5.56 Å². The van der Waals surface area contributed by atoms with Gasteiger partial charge in [0.2, 0.25) is 0 Å². The molecule has 0 radical (unpaired) electrons. The van der Waals surface area contributed by atoms with Gasteiger partial charge in [-0.15, -0.1) is 0 Å². The van der Waals surface area contributed by atoms with Crippen LogP contribution in [0.25, 0.3) is 5.65 Å². The van der Waals surface area contributed by atoms with Gasteiger partial charge in [-0.1, -0.05) is 0 Å². The van der Waals surface area contributed by atoms with E-state index in [0.29, 0.717) is 17.1 Å². The summed E-state index contributed by atoms with van der Waals surface area (Å²) in [6.07, 6.45) is 1.74. The molecule has 0 saturated carbocycles. The summed E-state index contributed by atoms with van der Waals surface area (Å²) in [5.74, 6) is 0.486. The smallest absolute Gasteiger partial charge is 0.258 e. The molecular formula is C10H10N2OS. The predicted molar refractivity (Wildman–Crippen MR) is 58.9 cm³/mol. The van der Waals surface area contributed by atoms with Crippen LogP contribution in [-0.2, 0) is 5.75 Å². The van der Waals surface area contributed by atoms with E-state index in [9.17, 15) is 4.79 Å². The molecule has 0 amide bonds. The molecule has 0 bridgehead atoms. The number of hydrogen-bond donors (Lipinski definition) is 1. The Bertz CT molecular complexity index is 533. The van der Waals surface area contributed by atoms with Crippen LogP contribution in [0, 0.1) is 6.92 Å². The lowest BCUT2D eigenvalue weighted by molar-refractivity contribution is 1.01. The van der Waals surface area contributed by atoms with E-state index in [1.165, 1.54) is 10.5 Å². The van der Waals surface area contributed by atoms with Crippen molar-refractivity contribution < 1.29 is 0 Å². The van der Waals surface area contributed by atoms with Crippen LogP contribution in [0.3, 0.4) is 0 Å². The zero-order chi connectivity index (χ0) is 10.1. The van der Waals surface area contributed by atoms with E-state index in [1.807, 2.05) is 19.1 Å². The number of pyridine rings is 1. The van der Waals surface area contributed by atoms with Gasteiger partial charge in [0.15, 0.2) is 0 Å². The van der Waals surface area contributed by atoms with E-state index < -0.39 is 0 Å². The molecule has 0 fully saturated rings. The van der Waals surface area contributed by atoms with Crippen molar-refractivity contribution >= 4 is 18.3 Å². The largest absolute Gasteiger partial charge is 0.269 e. The SMILES string of the molecule is Cc1ccn2c(=O)cc(CS)nc2c1. The highest BCUT2D eigenvalue weighted by molar-refractivity contribution is 7.79. The molecule has 2 aromatic rings. The van der Waals surface area contributed by atoms with Crippen molar-refractivity contribution in [2.45, 2.75) is 12.7 Å². The van der Waals surface area contributed by atoms with Gasteiger partial charge in [-0.3, -0.25) is 9.20 Å². The standard InChI is InChI=1S/C10H10N2OS/c1-7-2-3-12-9(4-7)11-8(6-14)5-10(12)13/h2-5,14H,6H2,1H3. The highest BCUT2D eigenvalue weighted by atomic mass is 32.1. The number of hydrogen-bond acceptors (Lipinski definition) is 3. The molecule has 4 heteroatoms. The molecule has 0 saturated heterocycles. The van der Waals surface area contributed by atoms with E-state index in [4.69, 9.17) is 0 Å². The molecule has 2 aromatic heterocycles. The van der Waals surface area contributed by atoms with Crippen molar-refractivity contribution in [3.05, 3.63) is 46.0 Å². The maximum atomic E-state index is 11.6. The van der Waals surface area contributed by atoms with E-state index in [0.717, 1.165) is 5.56 Å². The van der Waals surface area contributed by atoms with E-state index in [-0.39, 0.29) is 5.56 Å². The van der Waals surface area contributed by atoms with Gasteiger partial charge in [-0.05, 0) is 24.6 Å².